The van der Waals surface area contributed by atoms with Crippen LogP contribution in [0.3, 0.4) is 0 Å². The van der Waals surface area contributed by atoms with Gasteiger partial charge in [-0.2, -0.15) is 0 Å². The molecule has 3 aromatic rings. The number of benzene rings is 2. The van der Waals surface area contributed by atoms with E-state index in [9.17, 15) is 13.2 Å². The van der Waals surface area contributed by atoms with Crippen molar-refractivity contribution >= 4 is 27.6 Å². The second-order valence-corrected chi connectivity index (χ2v) is 9.30. The van der Waals surface area contributed by atoms with Gasteiger partial charge in [0.15, 0.2) is 6.10 Å². The molecule has 1 atom stereocenters. The van der Waals surface area contributed by atoms with Crippen molar-refractivity contribution in [2.75, 3.05) is 10.0 Å². The molecule has 2 aromatic carbocycles. The molecule has 0 radical (unpaired) electrons. The van der Waals surface area contributed by atoms with E-state index in [0.29, 0.717) is 22.8 Å². The number of amides is 1. The van der Waals surface area contributed by atoms with Crippen LogP contribution < -0.4 is 14.8 Å². The Labute approximate surface area is 188 Å². The fraction of sp³-hybridized carbons (Fsp3) is 0.261. The van der Waals surface area contributed by atoms with Crippen LogP contribution in [-0.4, -0.2) is 30.4 Å². The van der Waals surface area contributed by atoms with E-state index in [0.717, 1.165) is 11.1 Å². The molecule has 8 nitrogen and oxygen atoms in total. The smallest absolute Gasteiger partial charge is 0.265 e. The van der Waals surface area contributed by atoms with Gasteiger partial charge in [0.25, 0.3) is 15.9 Å². The first kappa shape index (κ1) is 23.2. The maximum atomic E-state index is 12.6. The molecule has 0 aliphatic carbocycles. The number of nitrogens with zero attached hydrogens (tertiary/aromatic N) is 2. The molecule has 2 N–H and O–H groups in total. The van der Waals surface area contributed by atoms with Crippen LogP contribution in [0.15, 0.2) is 53.4 Å². The standard InChI is InChI=1S/C23H26N4O4S/c1-14-6-11-21(15(2)12-14)31-18(5)22(28)26-19-7-9-20(10-8-19)32(29,30)27-23-24-16(3)13-17(4)25-23/h6-13,18H,1-5H3,(H,26,28)(H,24,25,27). The van der Waals surface area contributed by atoms with Gasteiger partial charge < -0.3 is 10.1 Å². The van der Waals surface area contributed by atoms with Crippen molar-refractivity contribution in [3.05, 3.63) is 71.0 Å². The number of hydrogen-bond donors (Lipinski definition) is 2. The van der Waals surface area contributed by atoms with Gasteiger partial charge >= 0.3 is 0 Å². The number of hydrogen-bond acceptors (Lipinski definition) is 6. The highest BCUT2D eigenvalue weighted by Crippen LogP contribution is 2.21. The van der Waals surface area contributed by atoms with E-state index in [2.05, 4.69) is 20.0 Å². The molecule has 0 aliphatic rings. The minimum absolute atomic E-state index is 0.0113. The maximum Gasteiger partial charge on any atom is 0.265 e. The Hall–Kier alpha value is -3.46. The quantitative estimate of drug-likeness (QED) is 0.560. The van der Waals surface area contributed by atoms with Crippen LogP contribution in [0, 0.1) is 27.7 Å². The summed E-state index contributed by atoms with van der Waals surface area (Å²) < 4.78 is 33.4. The summed E-state index contributed by atoms with van der Waals surface area (Å²) in [5.41, 5.74) is 3.82. The van der Waals surface area contributed by atoms with Crippen molar-refractivity contribution < 1.29 is 17.9 Å². The van der Waals surface area contributed by atoms with Crippen LogP contribution in [0.25, 0.3) is 0 Å². The SMILES string of the molecule is Cc1ccc(OC(C)C(=O)Nc2ccc(S(=O)(=O)Nc3nc(C)cc(C)n3)cc2)c(C)c1. The second kappa shape index (κ2) is 9.35. The van der Waals surface area contributed by atoms with E-state index in [1.54, 1.807) is 26.8 Å². The van der Waals surface area contributed by atoms with Crippen LogP contribution in [0.2, 0.25) is 0 Å². The van der Waals surface area contributed by atoms with Crippen molar-refractivity contribution in [3.8, 4) is 5.75 Å². The molecule has 1 amide bonds. The van der Waals surface area contributed by atoms with Crippen LogP contribution in [0.1, 0.15) is 29.4 Å². The average Bonchev–Trinajstić information content (AvgIpc) is 2.69. The zero-order chi connectivity index (χ0) is 23.5. The molecule has 1 unspecified atom stereocenters. The summed E-state index contributed by atoms with van der Waals surface area (Å²) in [7, 11) is -3.87. The minimum Gasteiger partial charge on any atom is -0.481 e. The largest absolute Gasteiger partial charge is 0.481 e. The topological polar surface area (TPSA) is 110 Å². The number of carbonyl (C=O) groups is 1. The molecule has 32 heavy (non-hydrogen) atoms. The number of nitrogens with one attached hydrogen (secondary N) is 2. The Balaban J connectivity index is 1.66. The summed E-state index contributed by atoms with van der Waals surface area (Å²) in [4.78, 5) is 20.7. The van der Waals surface area contributed by atoms with Crippen LogP contribution >= 0.6 is 0 Å². The second-order valence-electron chi connectivity index (χ2n) is 7.62. The normalized spacial score (nSPS) is 12.2. The number of anilines is 2. The van der Waals surface area contributed by atoms with Crippen molar-refractivity contribution in [1.82, 2.24) is 9.97 Å². The maximum absolute atomic E-state index is 12.6. The molecule has 3 rings (SSSR count). The number of rotatable bonds is 7. The zero-order valence-corrected chi connectivity index (χ0v) is 19.4. The third kappa shape index (κ3) is 5.82. The highest BCUT2D eigenvalue weighted by atomic mass is 32.2. The number of aryl methyl sites for hydroxylation is 4. The molecule has 0 aliphatic heterocycles. The van der Waals surface area contributed by atoms with Gasteiger partial charge in [-0.05, 0) is 76.6 Å². The molecule has 0 spiro atoms. The molecule has 168 valence electrons. The third-order valence-corrected chi connectivity index (χ3v) is 5.99. The number of ether oxygens (including phenoxy) is 1. The molecular formula is C23H26N4O4S. The predicted octanol–water partition coefficient (Wildman–Crippen LogP) is 3.92. The molecule has 9 heteroatoms. The lowest BCUT2D eigenvalue weighted by atomic mass is 10.1. The van der Waals surface area contributed by atoms with Gasteiger partial charge in [-0.1, -0.05) is 17.7 Å². The molecule has 0 saturated carbocycles. The van der Waals surface area contributed by atoms with Gasteiger partial charge in [0.1, 0.15) is 5.75 Å². The lowest BCUT2D eigenvalue weighted by Gasteiger charge is -2.16. The first-order valence-corrected chi connectivity index (χ1v) is 11.5. The lowest BCUT2D eigenvalue weighted by molar-refractivity contribution is -0.122. The third-order valence-electron chi connectivity index (χ3n) is 4.64. The van der Waals surface area contributed by atoms with Crippen LogP contribution in [0.5, 0.6) is 5.75 Å². The molecule has 0 fully saturated rings. The molecule has 0 saturated heterocycles. The first-order chi connectivity index (χ1) is 15.0. The van der Waals surface area contributed by atoms with Gasteiger partial charge in [-0.25, -0.2) is 23.1 Å². The monoisotopic (exact) mass is 454 g/mol. The van der Waals surface area contributed by atoms with Crippen molar-refractivity contribution in [2.45, 2.75) is 45.6 Å². The fourth-order valence-electron chi connectivity index (χ4n) is 3.09. The van der Waals surface area contributed by atoms with Gasteiger partial charge in [-0.15, -0.1) is 0 Å². The van der Waals surface area contributed by atoms with E-state index in [-0.39, 0.29) is 16.8 Å². The van der Waals surface area contributed by atoms with E-state index in [1.165, 1.54) is 24.3 Å². The molecule has 1 heterocycles. The fourth-order valence-corrected chi connectivity index (χ4v) is 4.03. The molecule has 0 bridgehead atoms. The van der Waals surface area contributed by atoms with E-state index in [1.807, 2.05) is 32.0 Å². The highest BCUT2D eigenvalue weighted by Gasteiger charge is 2.18. The van der Waals surface area contributed by atoms with Gasteiger partial charge in [0, 0.05) is 17.1 Å². The predicted molar refractivity (Wildman–Crippen MR) is 123 cm³/mol. The summed E-state index contributed by atoms with van der Waals surface area (Å²) in [5.74, 6) is 0.305. The molecule has 1 aromatic heterocycles. The minimum atomic E-state index is -3.87. The highest BCUT2D eigenvalue weighted by molar-refractivity contribution is 7.92. The van der Waals surface area contributed by atoms with Gasteiger partial charge in [-0.3, -0.25) is 4.79 Å². The number of aromatic nitrogens is 2. The van der Waals surface area contributed by atoms with Crippen molar-refractivity contribution in [2.24, 2.45) is 0 Å². The van der Waals surface area contributed by atoms with E-state index in [4.69, 9.17) is 4.74 Å². The van der Waals surface area contributed by atoms with E-state index < -0.39 is 16.1 Å². The number of sulfonamides is 1. The van der Waals surface area contributed by atoms with Gasteiger partial charge in [0.05, 0.1) is 4.90 Å². The zero-order valence-electron chi connectivity index (χ0n) is 18.6. The Morgan fingerprint density at radius 1 is 0.938 bits per heavy atom. The Morgan fingerprint density at radius 2 is 1.56 bits per heavy atom. The molecular weight excluding hydrogens is 428 g/mol. The van der Waals surface area contributed by atoms with Crippen LogP contribution in [-0.2, 0) is 14.8 Å². The summed E-state index contributed by atoms with van der Waals surface area (Å²) in [6.07, 6.45) is -0.733. The lowest BCUT2D eigenvalue weighted by Crippen LogP contribution is -2.30. The van der Waals surface area contributed by atoms with Crippen molar-refractivity contribution in [1.29, 1.82) is 0 Å². The first-order valence-electron chi connectivity index (χ1n) is 10.0. The summed E-state index contributed by atoms with van der Waals surface area (Å²) >= 11 is 0. The van der Waals surface area contributed by atoms with Gasteiger partial charge in [0.2, 0.25) is 5.95 Å². The Morgan fingerprint density at radius 3 is 2.16 bits per heavy atom. The Bertz CT molecular complexity index is 1220. The summed E-state index contributed by atoms with van der Waals surface area (Å²) in [5, 5.41) is 2.73. The Kier molecular flexibility index (Phi) is 6.78. The summed E-state index contributed by atoms with van der Waals surface area (Å²) in [6.45, 7) is 9.08. The van der Waals surface area contributed by atoms with Crippen LogP contribution in [0.4, 0.5) is 11.6 Å². The average molecular weight is 455 g/mol. The van der Waals surface area contributed by atoms with Crippen molar-refractivity contribution in [3.63, 3.8) is 0 Å². The summed E-state index contributed by atoms with van der Waals surface area (Å²) in [6, 6.07) is 13.3. The van der Waals surface area contributed by atoms with E-state index >= 15 is 0 Å². The number of carbonyl (C=O) groups excluding carboxylic acids is 1.